The fourth-order valence-corrected chi connectivity index (χ4v) is 2.95. The van der Waals surface area contributed by atoms with Gasteiger partial charge in [0.1, 0.15) is 5.52 Å². The Bertz CT molecular complexity index is 661. The van der Waals surface area contributed by atoms with Crippen molar-refractivity contribution in [1.29, 1.82) is 0 Å². The van der Waals surface area contributed by atoms with E-state index in [9.17, 15) is 9.59 Å². The lowest BCUT2D eigenvalue weighted by Crippen LogP contribution is -2.40. The van der Waals surface area contributed by atoms with Crippen LogP contribution in [0.25, 0.3) is 11.1 Å². The predicted octanol–water partition coefficient (Wildman–Crippen LogP) is 2.13. The minimum absolute atomic E-state index is 0.152. The van der Waals surface area contributed by atoms with Crippen molar-refractivity contribution in [2.24, 2.45) is 5.92 Å². The second kappa shape index (κ2) is 6.17. The Labute approximate surface area is 127 Å². The van der Waals surface area contributed by atoms with Crippen molar-refractivity contribution < 1.29 is 19.1 Å². The minimum atomic E-state index is -0.832. The molecular weight excluding hydrogens is 284 g/mol. The van der Waals surface area contributed by atoms with Gasteiger partial charge in [-0.25, -0.2) is 4.98 Å². The quantitative estimate of drug-likeness (QED) is 0.882. The number of carboxylic acid groups (broad SMARTS) is 1. The van der Waals surface area contributed by atoms with Gasteiger partial charge in [-0.2, -0.15) is 0 Å². The van der Waals surface area contributed by atoms with Crippen LogP contribution < -0.4 is 5.32 Å². The molecule has 1 aliphatic rings. The molecule has 1 fully saturated rings. The minimum Gasteiger partial charge on any atom is -0.481 e. The fourth-order valence-electron chi connectivity index (χ4n) is 2.95. The SMILES string of the molecule is O=C(CCc1nc2ccccc2o1)N[C@H]1CCC[C@H]1C(=O)O. The van der Waals surface area contributed by atoms with Gasteiger partial charge in [-0.05, 0) is 25.0 Å². The highest BCUT2D eigenvalue weighted by Gasteiger charge is 2.33. The Morgan fingerprint density at radius 3 is 2.91 bits per heavy atom. The van der Waals surface area contributed by atoms with Gasteiger partial charge in [-0.1, -0.05) is 18.6 Å². The van der Waals surface area contributed by atoms with Crippen LogP contribution in [0.5, 0.6) is 0 Å². The summed E-state index contributed by atoms with van der Waals surface area (Å²) in [6.07, 6.45) is 2.85. The van der Waals surface area contributed by atoms with Gasteiger partial charge < -0.3 is 14.8 Å². The first-order valence-electron chi connectivity index (χ1n) is 7.50. The summed E-state index contributed by atoms with van der Waals surface area (Å²) in [5.74, 6) is -0.923. The topological polar surface area (TPSA) is 92.4 Å². The first-order chi connectivity index (χ1) is 10.6. The third kappa shape index (κ3) is 3.10. The van der Waals surface area contributed by atoms with E-state index in [-0.39, 0.29) is 18.4 Å². The molecule has 1 aromatic heterocycles. The summed E-state index contributed by atoms with van der Waals surface area (Å²) < 4.78 is 5.56. The zero-order chi connectivity index (χ0) is 15.5. The molecule has 1 aliphatic carbocycles. The normalized spacial score (nSPS) is 21.1. The van der Waals surface area contributed by atoms with Gasteiger partial charge in [0.05, 0.1) is 5.92 Å². The molecule has 3 rings (SSSR count). The fraction of sp³-hybridized carbons (Fsp3) is 0.438. The molecule has 116 valence electrons. The summed E-state index contributed by atoms with van der Waals surface area (Å²) in [4.78, 5) is 27.4. The van der Waals surface area contributed by atoms with E-state index in [1.807, 2.05) is 24.3 Å². The lowest BCUT2D eigenvalue weighted by atomic mass is 10.0. The van der Waals surface area contributed by atoms with Crippen LogP contribution in [0.3, 0.4) is 0 Å². The van der Waals surface area contributed by atoms with Gasteiger partial charge in [0.25, 0.3) is 0 Å². The lowest BCUT2D eigenvalue weighted by molar-refractivity contribution is -0.142. The third-order valence-electron chi connectivity index (χ3n) is 4.08. The van der Waals surface area contributed by atoms with Crippen molar-refractivity contribution in [3.8, 4) is 0 Å². The monoisotopic (exact) mass is 302 g/mol. The number of fused-ring (bicyclic) bond motifs is 1. The molecule has 0 spiro atoms. The number of amides is 1. The zero-order valence-electron chi connectivity index (χ0n) is 12.1. The van der Waals surface area contributed by atoms with Crippen LogP contribution in [0.2, 0.25) is 0 Å². The van der Waals surface area contributed by atoms with Crippen molar-refractivity contribution in [3.63, 3.8) is 0 Å². The second-order valence-corrected chi connectivity index (χ2v) is 5.62. The van der Waals surface area contributed by atoms with E-state index in [4.69, 9.17) is 9.52 Å². The number of para-hydroxylation sites is 2. The predicted molar refractivity (Wildman–Crippen MR) is 79.2 cm³/mol. The first-order valence-corrected chi connectivity index (χ1v) is 7.50. The third-order valence-corrected chi connectivity index (χ3v) is 4.08. The molecule has 6 heteroatoms. The Morgan fingerprint density at radius 2 is 2.14 bits per heavy atom. The molecule has 0 radical (unpaired) electrons. The summed E-state index contributed by atoms with van der Waals surface area (Å²) >= 11 is 0. The summed E-state index contributed by atoms with van der Waals surface area (Å²) in [6.45, 7) is 0. The number of aromatic nitrogens is 1. The number of aliphatic carboxylic acids is 1. The second-order valence-electron chi connectivity index (χ2n) is 5.62. The lowest BCUT2D eigenvalue weighted by Gasteiger charge is -2.17. The van der Waals surface area contributed by atoms with Gasteiger partial charge in [0.2, 0.25) is 5.91 Å². The van der Waals surface area contributed by atoms with E-state index in [0.717, 1.165) is 18.4 Å². The van der Waals surface area contributed by atoms with E-state index in [0.29, 0.717) is 24.3 Å². The van der Waals surface area contributed by atoms with Crippen LogP contribution in [0, 0.1) is 5.92 Å². The number of aryl methyl sites for hydroxylation is 1. The average Bonchev–Trinajstić information content (AvgIpc) is 3.10. The van der Waals surface area contributed by atoms with Gasteiger partial charge in [0.15, 0.2) is 11.5 Å². The van der Waals surface area contributed by atoms with Crippen molar-refractivity contribution in [3.05, 3.63) is 30.2 Å². The summed E-state index contributed by atoms with van der Waals surface area (Å²) in [5, 5.41) is 11.9. The number of hydrogen-bond acceptors (Lipinski definition) is 4. The van der Waals surface area contributed by atoms with Crippen molar-refractivity contribution in [2.75, 3.05) is 0 Å². The molecule has 0 aliphatic heterocycles. The van der Waals surface area contributed by atoms with E-state index < -0.39 is 11.9 Å². The molecular formula is C16H18N2O4. The molecule has 1 saturated carbocycles. The van der Waals surface area contributed by atoms with Crippen LogP contribution in [0.15, 0.2) is 28.7 Å². The number of hydrogen-bond donors (Lipinski definition) is 2. The molecule has 2 N–H and O–H groups in total. The molecule has 2 aromatic rings. The van der Waals surface area contributed by atoms with Crippen molar-refractivity contribution in [2.45, 2.75) is 38.1 Å². The Balaban J connectivity index is 1.55. The number of nitrogens with zero attached hydrogens (tertiary/aromatic N) is 1. The molecule has 0 unspecified atom stereocenters. The maximum atomic E-state index is 12.0. The maximum absolute atomic E-state index is 12.0. The van der Waals surface area contributed by atoms with Crippen molar-refractivity contribution >= 4 is 23.0 Å². The van der Waals surface area contributed by atoms with Crippen LogP contribution in [0.1, 0.15) is 31.6 Å². The molecule has 2 atom stereocenters. The molecule has 0 saturated heterocycles. The van der Waals surface area contributed by atoms with E-state index in [2.05, 4.69) is 10.3 Å². The van der Waals surface area contributed by atoms with Gasteiger partial charge in [-0.15, -0.1) is 0 Å². The van der Waals surface area contributed by atoms with E-state index >= 15 is 0 Å². The zero-order valence-corrected chi connectivity index (χ0v) is 12.1. The van der Waals surface area contributed by atoms with Crippen LogP contribution in [0.4, 0.5) is 0 Å². The number of carbonyl (C=O) groups is 2. The summed E-state index contributed by atoms with van der Waals surface area (Å²) in [5.41, 5.74) is 1.49. The molecule has 1 amide bonds. The maximum Gasteiger partial charge on any atom is 0.308 e. The van der Waals surface area contributed by atoms with E-state index in [1.165, 1.54) is 0 Å². The van der Waals surface area contributed by atoms with E-state index in [1.54, 1.807) is 0 Å². The van der Waals surface area contributed by atoms with Crippen LogP contribution >= 0.6 is 0 Å². The molecule has 1 aromatic carbocycles. The first kappa shape index (κ1) is 14.6. The van der Waals surface area contributed by atoms with Gasteiger partial charge in [0, 0.05) is 18.9 Å². The number of nitrogens with one attached hydrogen (secondary N) is 1. The number of rotatable bonds is 5. The highest BCUT2D eigenvalue weighted by Crippen LogP contribution is 2.26. The Hall–Kier alpha value is -2.37. The average molecular weight is 302 g/mol. The Kier molecular flexibility index (Phi) is 4.09. The molecule has 1 heterocycles. The van der Waals surface area contributed by atoms with Gasteiger partial charge >= 0.3 is 5.97 Å². The molecule has 6 nitrogen and oxygen atoms in total. The number of carbonyl (C=O) groups excluding carboxylic acids is 1. The Morgan fingerprint density at radius 1 is 1.32 bits per heavy atom. The molecule has 22 heavy (non-hydrogen) atoms. The standard InChI is InChI=1S/C16H18N2O4/c19-14(17-11-6-3-4-10(11)16(20)21)8-9-15-18-12-5-1-2-7-13(12)22-15/h1-2,5,7,10-11H,3-4,6,8-9H2,(H,17,19)(H,20,21)/t10-,11+/m1/s1. The summed E-state index contributed by atoms with van der Waals surface area (Å²) in [6, 6.07) is 7.19. The summed E-state index contributed by atoms with van der Waals surface area (Å²) in [7, 11) is 0. The highest BCUT2D eigenvalue weighted by molar-refractivity contribution is 5.78. The number of benzene rings is 1. The molecule has 0 bridgehead atoms. The van der Waals surface area contributed by atoms with Crippen LogP contribution in [-0.4, -0.2) is 28.0 Å². The smallest absolute Gasteiger partial charge is 0.308 e. The number of oxazole rings is 1. The van der Waals surface area contributed by atoms with Gasteiger partial charge in [-0.3, -0.25) is 9.59 Å². The largest absolute Gasteiger partial charge is 0.481 e. The highest BCUT2D eigenvalue weighted by atomic mass is 16.4. The number of carboxylic acids is 1. The van der Waals surface area contributed by atoms with Crippen LogP contribution in [-0.2, 0) is 16.0 Å². The van der Waals surface area contributed by atoms with Crippen molar-refractivity contribution in [1.82, 2.24) is 10.3 Å².